The minimum absolute atomic E-state index is 0.170. The maximum atomic E-state index is 12.6. The normalized spacial score (nSPS) is 11.9. The van der Waals surface area contributed by atoms with Crippen molar-refractivity contribution in [3.05, 3.63) is 81.6 Å². The van der Waals surface area contributed by atoms with Crippen molar-refractivity contribution in [2.45, 2.75) is 26.3 Å². The monoisotopic (exact) mass is 337 g/mol. The number of aryl methyl sites for hydroxylation is 2. The Bertz CT molecular complexity index is 796. The van der Waals surface area contributed by atoms with Crippen LogP contribution >= 0.6 is 11.3 Å². The van der Waals surface area contributed by atoms with Gasteiger partial charge in [-0.1, -0.05) is 42.8 Å². The zero-order valence-corrected chi connectivity index (χ0v) is 14.5. The molecule has 5 heteroatoms. The van der Waals surface area contributed by atoms with Crippen molar-refractivity contribution in [2.75, 3.05) is 0 Å². The fourth-order valence-electron chi connectivity index (χ4n) is 2.40. The van der Waals surface area contributed by atoms with Crippen molar-refractivity contribution in [1.82, 2.24) is 15.3 Å². The summed E-state index contributed by atoms with van der Waals surface area (Å²) in [6.45, 7) is 4.04. The molecule has 0 saturated heterocycles. The van der Waals surface area contributed by atoms with Crippen molar-refractivity contribution in [3.8, 4) is 0 Å². The molecular weight excluding hydrogens is 318 g/mol. The molecular formula is C19H19N3OS. The van der Waals surface area contributed by atoms with E-state index in [4.69, 9.17) is 0 Å². The van der Waals surface area contributed by atoms with Crippen LogP contribution in [0.1, 0.15) is 45.2 Å². The van der Waals surface area contributed by atoms with E-state index in [1.807, 2.05) is 24.4 Å². The summed E-state index contributed by atoms with van der Waals surface area (Å²) < 4.78 is 0. The highest BCUT2D eigenvalue weighted by molar-refractivity contribution is 7.10. The summed E-state index contributed by atoms with van der Waals surface area (Å²) in [4.78, 5) is 22.1. The predicted octanol–water partition coefficient (Wildman–Crippen LogP) is 3.93. The number of nitrogens with one attached hydrogen (secondary N) is 1. The number of hydrogen-bond donors (Lipinski definition) is 1. The molecule has 2 aromatic heterocycles. The highest BCUT2D eigenvalue weighted by atomic mass is 32.1. The van der Waals surface area contributed by atoms with E-state index in [9.17, 15) is 4.79 Å². The van der Waals surface area contributed by atoms with Gasteiger partial charge >= 0.3 is 0 Å². The molecule has 24 heavy (non-hydrogen) atoms. The molecule has 1 N–H and O–H groups in total. The van der Waals surface area contributed by atoms with Crippen LogP contribution in [0.25, 0.3) is 0 Å². The van der Waals surface area contributed by atoms with E-state index in [1.165, 1.54) is 5.56 Å². The Morgan fingerprint density at radius 1 is 1.17 bits per heavy atom. The standard InChI is InChI=1S/C19H19N3OS/c1-3-17-20-11-15(12-21-17)19(23)22-18(16-5-4-10-24-16)14-8-6-13(2)7-9-14/h4-12,18H,3H2,1-2H3,(H,22,23)/t18-/m0/s1. The molecule has 4 nitrogen and oxygen atoms in total. The molecule has 0 fully saturated rings. The molecule has 3 rings (SSSR count). The van der Waals surface area contributed by atoms with Gasteiger partial charge in [-0.15, -0.1) is 11.3 Å². The predicted molar refractivity (Wildman–Crippen MR) is 96.2 cm³/mol. The fourth-order valence-corrected chi connectivity index (χ4v) is 3.20. The van der Waals surface area contributed by atoms with Crippen molar-refractivity contribution in [3.63, 3.8) is 0 Å². The average molecular weight is 337 g/mol. The number of rotatable bonds is 5. The molecule has 3 aromatic rings. The van der Waals surface area contributed by atoms with E-state index in [1.54, 1.807) is 23.7 Å². The molecule has 0 spiro atoms. The first kappa shape index (κ1) is 16.3. The third kappa shape index (κ3) is 3.68. The van der Waals surface area contributed by atoms with Crippen LogP contribution in [0, 0.1) is 6.92 Å². The van der Waals surface area contributed by atoms with Gasteiger partial charge in [-0.05, 0) is 23.9 Å². The molecule has 0 unspecified atom stereocenters. The van der Waals surface area contributed by atoms with Gasteiger partial charge in [-0.2, -0.15) is 0 Å². The molecule has 0 aliphatic carbocycles. The van der Waals surface area contributed by atoms with Crippen LogP contribution in [0.2, 0.25) is 0 Å². The summed E-state index contributed by atoms with van der Waals surface area (Å²) in [7, 11) is 0. The molecule has 1 atom stereocenters. The van der Waals surface area contributed by atoms with Gasteiger partial charge in [0.1, 0.15) is 5.82 Å². The minimum Gasteiger partial charge on any atom is -0.340 e. The Hall–Kier alpha value is -2.53. The zero-order valence-electron chi connectivity index (χ0n) is 13.7. The largest absolute Gasteiger partial charge is 0.340 e. The minimum atomic E-state index is -0.177. The number of hydrogen-bond acceptors (Lipinski definition) is 4. The van der Waals surface area contributed by atoms with Gasteiger partial charge in [0.25, 0.3) is 5.91 Å². The lowest BCUT2D eigenvalue weighted by atomic mass is 10.0. The Morgan fingerprint density at radius 2 is 1.88 bits per heavy atom. The summed E-state index contributed by atoms with van der Waals surface area (Å²) in [5, 5.41) is 5.12. The van der Waals surface area contributed by atoms with Gasteiger partial charge in [0.15, 0.2) is 0 Å². The summed E-state index contributed by atoms with van der Waals surface area (Å²) in [5.41, 5.74) is 2.72. The van der Waals surface area contributed by atoms with E-state index in [0.717, 1.165) is 22.7 Å². The van der Waals surface area contributed by atoms with Crippen molar-refractivity contribution >= 4 is 17.2 Å². The van der Waals surface area contributed by atoms with Crippen LogP contribution in [0.4, 0.5) is 0 Å². The van der Waals surface area contributed by atoms with Crippen LogP contribution < -0.4 is 5.32 Å². The first-order valence-corrected chi connectivity index (χ1v) is 8.77. The molecule has 122 valence electrons. The number of aromatic nitrogens is 2. The molecule has 0 radical (unpaired) electrons. The van der Waals surface area contributed by atoms with Crippen LogP contribution in [-0.4, -0.2) is 15.9 Å². The lowest BCUT2D eigenvalue weighted by molar-refractivity contribution is 0.0942. The first-order valence-electron chi connectivity index (χ1n) is 7.89. The Morgan fingerprint density at radius 3 is 2.46 bits per heavy atom. The second-order valence-electron chi connectivity index (χ2n) is 5.57. The lowest BCUT2D eigenvalue weighted by Crippen LogP contribution is -2.29. The van der Waals surface area contributed by atoms with E-state index < -0.39 is 0 Å². The molecule has 0 bridgehead atoms. The van der Waals surface area contributed by atoms with E-state index in [2.05, 4.69) is 46.5 Å². The van der Waals surface area contributed by atoms with Crippen LogP contribution in [0.5, 0.6) is 0 Å². The maximum Gasteiger partial charge on any atom is 0.255 e. The topological polar surface area (TPSA) is 54.9 Å². The zero-order chi connectivity index (χ0) is 16.9. The molecule has 2 heterocycles. The number of thiophene rings is 1. The molecule has 0 aliphatic heterocycles. The Labute approximate surface area is 145 Å². The van der Waals surface area contributed by atoms with Crippen molar-refractivity contribution in [2.24, 2.45) is 0 Å². The second-order valence-corrected chi connectivity index (χ2v) is 6.55. The van der Waals surface area contributed by atoms with Gasteiger partial charge < -0.3 is 5.32 Å². The van der Waals surface area contributed by atoms with Crippen LogP contribution in [0.15, 0.2) is 54.2 Å². The molecule has 0 saturated carbocycles. The van der Waals surface area contributed by atoms with Gasteiger partial charge in [0.05, 0.1) is 11.6 Å². The van der Waals surface area contributed by atoms with Crippen molar-refractivity contribution < 1.29 is 4.79 Å². The highest BCUT2D eigenvalue weighted by Gasteiger charge is 2.19. The summed E-state index contributed by atoms with van der Waals surface area (Å²) in [6, 6.07) is 12.1. The fraction of sp³-hybridized carbons (Fsp3) is 0.211. The number of benzene rings is 1. The van der Waals surface area contributed by atoms with E-state index >= 15 is 0 Å². The first-order chi connectivity index (χ1) is 11.7. The van der Waals surface area contributed by atoms with Crippen molar-refractivity contribution in [1.29, 1.82) is 0 Å². The lowest BCUT2D eigenvalue weighted by Gasteiger charge is -2.18. The molecule has 0 aliphatic rings. The second kappa shape index (κ2) is 7.36. The van der Waals surface area contributed by atoms with E-state index in [0.29, 0.717) is 5.56 Å². The summed E-state index contributed by atoms with van der Waals surface area (Å²) in [6.07, 6.45) is 3.92. The highest BCUT2D eigenvalue weighted by Crippen LogP contribution is 2.26. The third-order valence-electron chi connectivity index (χ3n) is 3.80. The third-order valence-corrected chi connectivity index (χ3v) is 4.73. The molecule has 1 aromatic carbocycles. The number of carbonyl (C=O) groups excluding carboxylic acids is 1. The summed E-state index contributed by atoms with van der Waals surface area (Å²) >= 11 is 1.63. The van der Waals surface area contributed by atoms with E-state index in [-0.39, 0.29) is 11.9 Å². The maximum absolute atomic E-state index is 12.6. The summed E-state index contributed by atoms with van der Waals surface area (Å²) in [5.74, 6) is 0.566. The van der Waals surface area contributed by atoms with Gasteiger partial charge in [-0.3, -0.25) is 4.79 Å². The number of nitrogens with zero attached hydrogens (tertiary/aromatic N) is 2. The van der Waals surface area contributed by atoms with Gasteiger partial charge in [-0.25, -0.2) is 9.97 Å². The number of carbonyl (C=O) groups is 1. The SMILES string of the molecule is CCc1ncc(C(=O)N[C@@H](c2ccc(C)cc2)c2cccs2)cn1. The quantitative estimate of drug-likeness (QED) is 0.767. The Kier molecular flexibility index (Phi) is 5.01. The average Bonchev–Trinajstić information content (AvgIpc) is 3.15. The van der Waals surface area contributed by atoms with Crippen LogP contribution in [0.3, 0.4) is 0 Å². The smallest absolute Gasteiger partial charge is 0.255 e. The Balaban J connectivity index is 1.86. The van der Waals surface area contributed by atoms with Gasteiger partial charge in [0, 0.05) is 23.7 Å². The van der Waals surface area contributed by atoms with Crippen LogP contribution in [-0.2, 0) is 6.42 Å². The molecule has 1 amide bonds. The van der Waals surface area contributed by atoms with Gasteiger partial charge in [0.2, 0.25) is 0 Å². The number of amides is 1.